The molecule has 1 aromatic rings. The standard InChI is InChI=1S/C21H29NO2/c1-14(2)21(23)24-20-13-19-16-8-4-3-7-15(16)11-12-22(19)18-10-6-5-9-17(18)20/h3-4,7-8,14,17-20H,5-6,9-13H2,1-2H3. The first-order chi connectivity index (χ1) is 11.6. The van der Waals surface area contributed by atoms with Gasteiger partial charge in [-0.15, -0.1) is 0 Å². The van der Waals surface area contributed by atoms with Crippen molar-refractivity contribution >= 4 is 5.97 Å². The van der Waals surface area contributed by atoms with Gasteiger partial charge in [-0.3, -0.25) is 9.69 Å². The van der Waals surface area contributed by atoms with Gasteiger partial charge in [-0.1, -0.05) is 51.0 Å². The smallest absolute Gasteiger partial charge is 0.308 e. The summed E-state index contributed by atoms with van der Waals surface area (Å²) in [6.45, 7) is 5.03. The number of ether oxygens (including phenoxy) is 1. The molecule has 0 bridgehead atoms. The van der Waals surface area contributed by atoms with Gasteiger partial charge in [-0.05, 0) is 30.4 Å². The number of piperidine rings is 1. The zero-order valence-corrected chi connectivity index (χ0v) is 14.9. The Bertz CT molecular complexity index is 612. The number of fused-ring (bicyclic) bond motifs is 5. The molecule has 1 saturated heterocycles. The third-order valence-electron chi connectivity index (χ3n) is 6.33. The minimum atomic E-state index is -0.0382. The maximum atomic E-state index is 12.3. The highest BCUT2D eigenvalue weighted by molar-refractivity contribution is 5.71. The van der Waals surface area contributed by atoms with E-state index in [0.29, 0.717) is 18.0 Å². The zero-order valence-electron chi connectivity index (χ0n) is 14.9. The fraction of sp³-hybridized carbons (Fsp3) is 0.667. The summed E-state index contributed by atoms with van der Waals surface area (Å²) < 4.78 is 6.02. The third kappa shape index (κ3) is 2.77. The molecule has 0 amide bonds. The van der Waals surface area contributed by atoms with Crippen LogP contribution in [0.5, 0.6) is 0 Å². The third-order valence-corrected chi connectivity index (χ3v) is 6.33. The molecular formula is C21H29NO2. The Hall–Kier alpha value is -1.35. The van der Waals surface area contributed by atoms with Crippen LogP contribution in [-0.4, -0.2) is 29.6 Å². The van der Waals surface area contributed by atoms with E-state index in [1.165, 1.54) is 36.8 Å². The summed E-state index contributed by atoms with van der Waals surface area (Å²) in [6.07, 6.45) is 7.30. The minimum Gasteiger partial charge on any atom is -0.462 e. The molecule has 24 heavy (non-hydrogen) atoms. The SMILES string of the molecule is CC(C)C(=O)OC1CC2c3ccccc3CCN2C2CCCCC12. The molecule has 3 heteroatoms. The molecule has 4 atom stereocenters. The minimum absolute atomic E-state index is 0.0260. The maximum absolute atomic E-state index is 12.3. The lowest BCUT2D eigenvalue weighted by atomic mass is 9.71. The number of esters is 1. The molecule has 0 spiro atoms. The van der Waals surface area contributed by atoms with Crippen molar-refractivity contribution in [1.82, 2.24) is 4.90 Å². The molecule has 1 aliphatic carbocycles. The molecule has 1 saturated carbocycles. The van der Waals surface area contributed by atoms with Gasteiger partial charge in [0, 0.05) is 31.0 Å². The van der Waals surface area contributed by atoms with Crippen LogP contribution in [0, 0.1) is 11.8 Å². The Labute approximate surface area is 145 Å². The normalized spacial score (nSPS) is 32.6. The van der Waals surface area contributed by atoms with Crippen LogP contribution in [0.2, 0.25) is 0 Å². The van der Waals surface area contributed by atoms with E-state index in [9.17, 15) is 4.79 Å². The quantitative estimate of drug-likeness (QED) is 0.765. The van der Waals surface area contributed by atoms with Gasteiger partial charge in [0.1, 0.15) is 6.10 Å². The van der Waals surface area contributed by atoms with Gasteiger partial charge in [-0.2, -0.15) is 0 Å². The Morgan fingerprint density at radius 2 is 2.00 bits per heavy atom. The molecule has 130 valence electrons. The molecule has 0 aromatic heterocycles. The summed E-state index contributed by atoms with van der Waals surface area (Å²) in [4.78, 5) is 15.0. The van der Waals surface area contributed by atoms with Crippen LogP contribution in [0.3, 0.4) is 0 Å². The second-order valence-corrected chi connectivity index (χ2v) is 8.08. The second kappa shape index (κ2) is 6.51. The van der Waals surface area contributed by atoms with Gasteiger partial charge in [0.15, 0.2) is 0 Å². The van der Waals surface area contributed by atoms with Crippen LogP contribution < -0.4 is 0 Å². The monoisotopic (exact) mass is 327 g/mol. The summed E-state index contributed by atoms with van der Waals surface area (Å²) in [6, 6.07) is 9.89. The average molecular weight is 327 g/mol. The van der Waals surface area contributed by atoms with Gasteiger partial charge in [0.05, 0.1) is 5.92 Å². The van der Waals surface area contributed by atoms with Gasteiger partial charge in [-0.25, -0.2) is 0 Å². The van der Waals surface area contributed by atoms with Gasteiger partial charge in [0.2, 0.25) is 0 Å². The molecular weight excluding hydrogens is 298 g/mol. The summed E-state index contributed by atoms with van der Waals surface area (Å²) in [5.41, 5.74) is 2.96. The van der Waals surface area contributed by atoms with E-state index in [2.05, 4.69) is 29.2 Å². The highest BCUT2D eigenvalue weighted by Crippen LogP contribution is 2.47. The fourth-order valence-corrected chi connectivity index (χ4v) is 5.13. The van der Waals surface area contributed by atoms with E-state index in [-0.39, 0.29) is 18.0 Å². The molecule has 2 heterocycles. The number of nitrogens with zero attached hydrogens (tertiary/aromatic N) is 1. The van der Waals surface area contributed by atoms with Gasteiger partial charge >= 0.3 is 5.97 Å². The number of hydrogen-bond donors (Lipinski definition) is 0. The topological polar surface area (TPSA) is 29.5 Å². The summed E-state index contributed by atoms with van der Waals surface area (Å²) >= 11 is 0. The van der Waals surface area contributed by atoms with Crippen LogP contribution in [0.15, 0.2) is 24.3 Å². The summed E-state index contributed by atoms with van der Waals surface area (Å²) in [5, 5.41) is 0. The van der Waals surface area contributed by atoms with Crippen LogP contribution in [-0.2, 0) is 16.0 Å². The molecule has 3 aliphatic rings. The van der Waals surface area contributed by atoms with E-state index in [1.807, 2.05) is 13.8 Å². The first-order valence-corrected chi connectivity index (χ1v) is 9.69. The Kier molecular flexibility index (Phi) is 4.38. The molecule has 0 radical (unpaired) electrons. The van der Waals surface area contributed by atoms with Crippen molar-refractivity contribution in [2.75, 3.05) is 6.54 Å². The predicted molar refractivity (Wildman–Crippen MR) is 94.7 cm³/mol. The van der Waals surface area contributed by atoms with Crippen LogP contribution in [0.25, 0.3) is 0 Å². The van der Waals surface area contributed by atoms with Gasteiger partial charge < -0.3 is 4.74 Å². The lowest BCUT2D eigenvalue weighted by molar-refractivity contribution is -0.166. The molecule has 4 unspecified atom stereocenters. The molecule has 4 rings (SSSR count). The van der Waals surface area contributed by atoms with E-state index in [0.717, 1.165) is 19.4 Å². The Balaban J connectivity index is 1.64. The lowest BCUT2D eigenvalue weighted by Crippen LogP contribution is -2.56. The van der Waals surface area contributed by atoms with Crippen molar-refractivity contribution in [3.8, 4) is 0 Å². The summed E-state index contributed by atoms with van der Waals surface area (Å²) in [5.74, 6) is 0.466. The maximum Gasteiger partial charge on any atom is 0.308 e. The van der Waals surface area contributed by atoms with Crippen molar-refractivity contribution in [3.05, 3.63) is 35.4 Å². The first-order valence-electron chi connectivity index (χ1n) is 9.69. The fourth-order valence-electron chi connectivity index (χ4n) is 5.13. The van der Waals surface area contributed by atoms with Crippen molar-refractivity contribution in [1.29, 1.82) is 0 Å². The van der Waals surface area contributed by atoms with Crippen molar-refractivity contribution in [2.45, 2.75) is 70.6 Å². The number of hydrogen-bond acceptors (Lipinski definition) is 3. The van der Waals surface area contributed by atoms with Crippen molar-refractivity contribution in [3.63, 3.8) is 0 Å². The van der Waals surface area contributed by atoms with E-state index >= 15 is 0 Å². The highest BCUT2D eigenvalue weighted by atomic mass is 16.5. The highest BCUT2D eigenvalue weighted by Gasteiger charge is 2.47. The van der Waals surface area contributed by atoms with Crippen LogP contribution in [0.1, 0.15) is 63.1 Å². The largest absolute Gasteiger partial charge is 0.462 e. The average Bonchev–Trinajstić information content (AvgIpc) is 2.61. The number of benzene rings is 1. The molecule has 2 fully saturated rings. The van der Waals surface area contributed by atoms with Gasteiger partial charge in [0.25, 0.3) is 0 Å². The van der Waals surface area contributed by atoms with E-state index in [4.69, 9.17) is 4.74 Å². The van der Waals surface area contributed by atoms with E-state index < -0.39 is 0 Å². The molecule has 1 aromatic carbocycles. The van der Waals surface area contributed by atoms with Crippen LogP contribution in [0.4, 0.5) is 0 Å². The zero-order chi connectivity index (χ0) is 16.7. The number of rotatable bonds is 2. The molecule has 0 N–H and O–H groups in total. The second-order valence-electron chi connectivity index (χ2n) is 8.08. The number of carbonyl (C=O) groups is 1. The lowest BCUT2D eigenvalue weighted by Gasteiger charge is -2.53. The Morgan fingerprint density at radius 1 is 1.21 bits per heavy atom. The Morgan fingerprint density at radius 3 is 2.83 bits per heavy atom. The van der Waals surface area contributed by atoms with Crippen LogP contribution >= 0.6 is 0 Å². The van der Waals surface area contributed by atoms with Crippen molar-refractivity contribution < 1.29 is 9.53 Å². The van der Waals surface area contributed by atoms with E-state index in [1.54, 1.807) is 0 Å². The number of carbonyl (C=O) groups excluding carboxylic acids is 1. The summed E-state index contributed by atoms with van der Waals surface area (Å²) in [7, 11) is 0. The van der Waals surface area contributed by atoms with Crippen molar-refractivity contribution in [2.24, 2.45) is 11.8 Å². The predicted octanol–water partition coefficient (Wildman–Crippen LogP) is 4.12. The molecule has 2 aliphatic heterocycles. The first kappa shape index (κ1) is 16.1. The molecule has 3 nitrogen and oxygen atoms in total.